The predicted molar refractivity (Wildman–Crippen MR) is 169 cm³/mol. The van der Waals surface area contributed by atoms with Gasteiger partial charge in [0.2, 0.25) is 0 Å². The molecule has 7 radical (unpaired) electrons. The molecule has 0 N–H and O–H groups in total. The molecule has 0 saturated heterocycles. The Morgan fingerprint density at radius 2 is 0.974 bits per heavy atom. The van der Waals surface area contributed by atoms with E-state index >= 15 is 0 Å². The van der Waals surface area contributed by atoms with E-state index < -0.39 is 0 Å². The van der Waals surface area contributed by atoms with E-state index in [1.807, 2.05) is 91.0 Å². The van der Waals surface area contributed by atoms with Crippen LogP contribution in [0.25, 0.3) is 10.8 Å². The molecule has 0 amide bonds. The zero-order chi connectivity index (χ0) is 26.3. The van der Waals surface area contributed by atoms with Crippen molar-refractivity contribution in [3.05, 3.63) is 151 Å². The molecule has 39 heavy (non-hydrogen) atoms. The maximum atomic E-state index is 3.55. The summed E-state index contributed by atoms with van der Waals surface area (Å²) in [4.78, 5) is 0. The molecule has 0 unspecified atom stereocenters. The van der Waals surface area contributed by atoms with Crippen molar-refractivity contribution in [1.29, 1.82) is 0 Å². The van der Waals surface area contributed by atoms with Crippen molar-refractivity contribution in [2.75, 3.05) is 0 Å². The first-order valence-electron chi connectivity index (χ1n) is 13.1. The predicted octanol–water partition coefficient (Wildman–Crippen LogP) is 5.75. The molecule has 0 bridgehead atoms. The third-order valence-corrected chi connectivity index (χ3v) is 9.13. The first kappa shape index (κ1) is 34.9. The summed E-state index contributed by atoms with van der Waals surface area (Å²) in [5.74, 6) is 0. The second-order valence-corrected chi connectivity index (χ2v) is 12.7. The van der Waals surface area contributed by atoms with Crippen molar-refractivity contribution < 1.29 is 12.4 Å². The fourth-order valence-electron chi connectivity index (χ4n) is 4.54. The van der Waals surface area contributed by atoms with E-state index in [2.05, 4.69) is 76.2 Å². The number of rotatable bonds is 3. The Morgan fingerprint density at radius 3 is 1.31 bits per heavy atom. The van der Waals surface area contributed by atoms with Crippen LogP contribution < -0.4 is 17.7 Å². The molecule has 199 valence electrons. The van der Waals surface area contributed by atoms with Gasteiger partial charge in [-0.05, 0) is 75.6 Å². The van der Waals surface area contributed by atoms with E-state index in [0.29, 0.717) is 0 Å². The van der Waals surface area contributed by atoms with E-state index in [1.165, 1.54) is 34.7 Å². The molecular weight excluding hydrogens is 621 g/mol. The van der Waals surface area contributed by atoms with Crippen LogP contribution in [0, 0.1) is 24.3 Å². The summed E-state index contributed by atoms with van der Waals surface area (Å²) in [6.07, 6.45) is 2.43. The first-order chi connectivity index (χ1) is 18.1. The van der Waals surface area contributed by atoms with Gasteiger partial charge < -0.3 is 12.4 Å². The molecule has 5 aromatic rings. The minimum Gasteiger partial charge on any atom is -1.00 e. The van der Waals surface area contributed by atoms with Crippen LogP contribution >= 0.6 is 7.92 Å². The van der Waals surface area contributed by atoms with E-state index in [-0.39, 0.29) is 44.8 Å². The van der Waals surface area contributed by atoms with Crippen LogP contribution in [0.5, 0.6) is 0 Å². The monoisotopic (exact) mass is 656 g/mol. The molecule has 0 fully saturated rings. The molecule has 0 heterocycles. The average molecular weight is 658 g/mol. The fraction of sp³-hybridized carbons (Fsp3) is 0.222. The van der Waals surface area contributed by atoms with Crippen LogP contribution in [-0.2, 0) is 12.8 Å². The summed E-state index contributed by atoms with van der Waals surface area (Å²) >= 11 is 0. The normalized spacial score (nSPS) is 10.6. The summed E-state index contributed by atoms with van der Waals surface area (Å²) in [5.41, 5.74) is 4.55. The third-order valence-electron chi connectivity index (χ3n) is 5.98. The first-order valence-corrected chi connectivity index (χ1v) is 14.5. The van der Waals surface area contributed by atoms with Gasteiger partial charge in [-0.3, -0.25) is 0 Å². The van der Waals surface area contributed by atoms with Crippen molar-refractivity contribution in [3.63, 3.8) is 0 Å². The zero-order valence-electron chi connectivity index (χ0n) is 23.3. The Balaban J connectivity index is 0.000000311. The van der Waals surface area contributed by atoms with E-state index in [9.17, 15) is 0 Å². The second kappa shape index (κ2) is 19.9. The van der Waals surface area contributed by atoms with Crippen LogP contribution in [0.15, 0.2) is 115 Å². The van der Waals surface area contributed by atoms with Crippen molar-refractivity contribution in [2.45, 2.75) is 51.9 Å². The Kier molecular flexibility index (Phi) is 17.8. The van der Waals surface area contributed by atoms with Crippen molar-refractivity contribution in [3.8, 4) is 0 Å². The van der Waals surface area contributed by atoms with E-state index in [0.717, 1.165) is 11.3 Å². The third kappa shape index (κ3) is 11.5. The minimum atomic E-state index is -0.102. The van der Waals surface area contributed by atoms with Crippen LogP contribution in [-0.4, -0.2) is 35.7 Å². The van der Waals surface area contributed by atoms with Gasteiger partial charge in [0.25, 0.3) is 0 Å². The van der Waals surface area contributed by atoms with Crippen LogP contribution in [0.2, 0.25) is 0 Å². The van der Waals surface area contributed by atoms with Crippen molar-refractivity contribution in [2.24, 2.45) is 0 Å². The summed E-state index contributed by atoms with van der Waals surface area (Å²) in [6, 6.07) is 50.2. The van der Waals surface area contributed by atoms with Gasteiger partial charge in [-0.25, -0.2) is 0 Å². The summed E-state index contributed by atoms with van der Waals surface area (Å²) in [6.45, 7) is 9.48. The topological polar surface area (TPSA) is 0 Å². The zero-order valence-corrected chi connectivity index (χ0v) is 27.5. The van der Waals surface area contributed by atoms with Crippen molar-refractivity contribution in [1.82, 2.24) is 0 Å². The smallest absolute Gasteiger partial charge is 0 e. The molecular formula is C36H37ClPSb-. The standard InChI is InChI=1S/C18H22P.3C6H5.ClH.Sb/c1-12(2)19(13(3)4)17-11-10-15-9-8-14-6-5-7-16(17)18(14)15;3*1-2-4-6-5-3-1;;/h5-6,10-13H,8-9H2,1-4H3;3*1-5H;1H;/p-1. The molecule has 0 spiro atoms. The molecule has 0 atom stereocenters. The quantitative estimate of drug-likeness (QED) is 0.172. The summed E-state index contributed by atoms with van der Waals surface area (Å²) in [5, 5.41) is 4.51. The Labute approximate surface area is 261 Å². The number of hydrogen-bond donors (Lipinski definition) is 0. The number of benzene rings is 5. The molecule has 6 rings (SSSR count). The van der Waals surface area contributed by atoms with Crippen LogP contribution in [0.3, 0.4) is 0 Å². The fourth-order valence-corrected chi connectivity index (χ4v) is 7.52. The molecule has 1 aliphatic rings. The largest absolute Gasteiger partial charge is 1.00 e. The van der Waals surface area contributed by atoms with Gasteiger partial charge in [0, 0.05) is 24.4 Å². The number of hydrogen-bond acceptors (Lipinski definition) is 0. The number of aryl methyl sites for hydroxylation is 2. The van der Waals surface area contributed by atoms with Gasteiger partial charge in [-0.15, -0.1) is 0 Å². The summed E-state index contributed by atoms with van der Waals surface area (Å²) < 4.78 is 0. The van der Waals surface area contributed by atoms with Crippen LogP contribution in [0.1, 0.15) is 38.8 Å². The molecule has 0 saturated carbocycles. The SMILES string of the molecule is CC(C)P(c1ccc2c3c(cc[c]c13)CC2)C(C)C.[Cl-].[Sb].[c]1ccccc1.[c]1ccccc1.[c]1ccccc1. The maximum absolute atomic E-state index is 3.55. The van der Waals surface area contributed by atoms with Crippen LogP contribution in [0.4, 0.5) is 0 Å². The maximum Gasteiger partial charge on any atom is 0 e. The molecule has 5 aromatic carbocycles. The Hall–Kier alpha value is -2.10. The van der Waals surface area contributed by atoms with E-state index in [4.69, 9.17) is 0 Å². The van der Waals surface area contributed by atoms with E-state index in [1.54, 1.807) is 5.30 Å². The average Bonchev–Trinajstić information content (AvgIpc) is 3.38. The van der Waals surface area contributed by atoms with Crippen molar-refractivity contribution >= 4 is 48.4 Å². The Bertz CT molecular complexity index is 1100. The van der Waals surface area contributed by atoms with Gasteiger partial charge in [0.05, 0.1) is 0 Å². The molecule has 0 nitrogen and oxygen atoms in total. The van der Waals surface area contributed by atoms with Gasteiger partial charge in [0.1, 0.15) is 0 Å². The molecule has 0 aliphatic heterocycles. The molecule has 3 heteroatoms. The number of halogens is 1. The molecule has 0 aromatic heterocycles. The summed E-state index contributed by atoms with van der Waals surface area (Å²) in [7, 11) is -0.102. The van der Waals surface area contributed by atoms with Gasteiger partial charge >= 0.3 is 0 Å². The Morgan fingerprint density at radius 1 is 0.564 bits per heavy atom. The van der Waals surface area contributed by atoms with Gasteiger partial charge in [0.15, 0.2) is 0 Å². The second-order valence-electron chi connectivity index (χ2n) is 9.32. The molecule has 1 aliphatic carbocycles. The minimum absolute atomic E-state index is 0. The van der Waals surface area contributed by atoms with Gasteiger partial charge in [-0.2, -0.15) is 0 Å². The van der Waals surface area contributed by atoms with Gasteiger partial charge in [-0.1, -0.05) is 151 Å².